The molecule has 0 atom stereocenters. The summed E-state index contributed by atoms with van der Waals surface area (Å²) in [5.74, 6) is 0. The number of benzene rings is 1. The molecule has 0 unspecified atom stereocenters. The SMILES string of the molecule is CC.CCCN(C)C1CCN(c2ccc(C)cc2)CC1. The molecule has 0 N–H and O–H groups in total. The molecule has 114 valence electrons. The second-order valence-corrected chi connectivity index (χ2v) is 5.53. The number of nitrogens with zero attached hydrogens (tertiary/aromatic N) is 2. The largest absolute Gasteiger partial charge is 0.371 e. The van der Waals surface area contributed by atoms with Crippen molar-refractivity contribution in [3.63, 3.8) is 0 Å². The van der Waals surface area contributed by atoms with E-state index in [0.29, 0.717) is 0 Å². The van der Waals surface area contributed by atoms with E-state index in [2.05, 4.69) is 55.0 Å². The fourth-order valence-corrected chi connectivity index (χ4v) is 2.86. The Morgan fingerprint density at radius 1 is 1.10 bits per heavy atom. The molecule has 1 aliphatic heterocycles. The molecule has 0 spiro atoms. The van der Waals surface area contributed by atoms with Gasteiger partial charge in [-0.15, -0.1) is 0 Å². The second-order valence-electron chi connectivity index (χ2n) is 5.53. The van der Waals surface area contributed by atoms with Gasteiger partial charge in [-0.25, -0.2) is 0 Å². The lowest BCUT2D eigenvalue weighted by molar-refractivity contribution is 0.208. The van der Waals surface area contributed by atoms with Gasteiger partial charge in [0.15, 0.2) is 0 Å². The Kier molecular flexibility index (Phi) is 7.68. The Hall–Kier alpha value is -1.02. The van der Waals surface area contributed by atoms with E-state index in [-0.39, 0.29) is 0 Å². The predicted octanol–water partition coefficient (Wildman–Crippen LogP) is 4.33. The molecular weight excluding hydrogens is 244 g/mol. The third-order valence-corrected chi connectivity index (χ3v) is 4.06. The van der Waals surface area contributed by atoms with Gasteiger partial charge in [0.1, 0.15) is 0 Å². The van der Waals surface area contributed by atoms with Gasteiger partial charge in [0, 0.05) is 24.8 Å². The zero-order chi connectivity index (χ0) is 15.0. The first-order valence-corrected chi connectivity index (χ1v) is 8.22. The Bertz CT molecular complexity index is 350. The van der Waals surface area contributed by atoms with Gasteiger partial charge in [-0.2, -0.15) is 0 Å². The fraction of sp³-hybridized carbons (Fsp3) is 0.667. The number of hydrogen-bond acceptors (Lipinski definition) is 2. The molecule has 0 amide bonds. The molecule has 0 bridgehead atoms. The first-order chi connectivity index (χ1) is 9.70. The van der Waals surface area contributed by atoms with Crippen LogP contribution in [0.2, 0.25) is 0 Å². The molecule has 0 aliphatic carbocycles. The van der Waals surface area contributed by atoms with Crippen molar-refractivity contribution in [2.24, 2.45) is 0 Å². The average Bonchev–Trinajstić information content (AvgIpc) is 2.50. The minimum absolute atomic E-state index is 0.784. The Morgan fingerprint density at radius 2 is 1.65 bits per heavy atom. The van der Waals surface area contributed by atoms with Crippen molar-refractivity contribution in [3.05, 3.63) is 29.8 Å². The first-order valence-electron chi connectivity index (χ1n) is 8.22. The van der Waals surface area contributed by atoms with Gasteiger partial charge < -0.3 is 9.80 Å². The molecule has 20 heavy (non-hydrogen) atoms. The van der Waals surface area contributed by atoms with Crippen LogP contribution < -0.4 is 4.90 Å². The van der Waals surface area contributed by atoms with Crippen molar-refractivity contribution in [2.45, 2.75) is 53.0 Å². The molecule has 2 rings (SSSR count). The van der Waals surface area contributed by atoms with Crippen LogP contribution in [0.3, 0.4) is 0 Å². The normalized spacial score (nSPS) is 16.0. The average molecular weight is 276 g/mol. The van der Waals surface area contributed by atoms with E-state index in [1.807, 2.05) is 13.8 Å². The van der Waals surface area contributed by atoms with Gasteiger partial charge in [-0.3, -0.25) is 0 Å². The Morgan fingerprint density at radius 3 is 2.15 bits per heavy atom. The maximum absolute atomic E-state index is 2.53. The van der Waals surface area contributed by atoms with Crippen LogP contribution in [0.4, 0.5) is 5.69 Å². The van der Waals surface area contributed by atoms with E-state index in [4.69, 9.17) is 0 Å². The molecule has 2 heteroatoms. The van der Waals surface area contributed by atoms with Gasteiger partial charge in [-0.05, 0) is 51.9 Å². The highest BCUT2D eigenvalue weighted by Crippen LogP contribution is 2.22. The molecule has 0 saturated carbocycles. The fourth-order valence-electron chi connectivity index (χ4n) is 2.86. The minimum atomic E-state index is 0.784. The lowest BCUT2D eigenvalue weighted by Gasteiger charge is -2.37. The maximum atomic E-state index is 2.53. The number of hydrogen-bond donors (Lipinski definition) is 0. The van der Waals surface area contributed by atoms with Crippen molar-refractivity contribution < 1.29 is 0 Å². The number of piperidine rings is 1. The van der Waals surface area contributed by atoms with Crippen molar-refractivity contribution in [2.75, 3.05) is 31.6 Å². The standard InChI is InChI=1S/C16H26N2.C2H6/c1-4-11-17(3)15-9-12-18(13-10-15)16-7-5-14(2)6-8-16;1-2/h5-8,15H,4,9-13H2,1-3H3;1-2H3. The summed E-state index contributed by atoms with van der Waals surface area (Å²) in [6.45, 7) is 12.0. The summed E-state index contributed by atoms with van der Waals surface area (Å²) < 4.78 is 0. The van der Waals surface area contributed by atoms with Gasteiger partial charge >= 0.3 is 0 Å². The third kappa shape index (κ3) is 4.82. The molecular formula is C18H32N2. The van der Waals surface area contributed by atoms with Crippen LogP contribution in [0.1, 0.15) is 45.6 Å². The molecule has 1 aliphatic rings. The summed E-state index contributed by atoms with van der Waals surface area (Å²) in [4.78, 5) is 5.06. The zero-order valence-corrected chi connectivity index (χ0v) is 14.0. The summed E-state index contributed by atoms with van der Waals surface area (Å²) in [7, 11) is 2.27. The number of anilines is 1. The quantitative estimate of drug-likeness (QED) is 0.807. The summed E-state index contributed by atoms with van der Waals surface area (Å²) in [5, 5.41) is 0. The van der Waals surface area contributed by atoms with E-state index in [1.54, 1.807) is 0 Å². The van der Waals surface area contributed by atoms with E-state index in [1.165, 1.54) is 50.1 Å². The summed E-state index contributed by atoms with van der Waals surface area (Å²) in [5.41, 5.74) is 2.73. The Labute approximate surface area is 125 Å². The summed E-state index contributed by atoms with van der Waals surface area (Å²) in [6.07, 6.45) is 3.85. The summed E-state index contributed by atoms with van der Waals surface area (Å²) >= 11 is 0. The molecule has 1 fully saturated rings. The molecule has 1 heterocycles. The van der Waals surface area contributed by atoms with Crippen molar-refractivity contribution >= 4 is 5.69 Å². The smallest absolute Gasteiger partial charge is 0.0366 e. The number of rotatable bonds is 4. The van der Waals surface area contributed by atoms with Crippen LogP contribution in [0, 0.1) is 6.92 Å². The zero-order valence-electron chi connectivity index (χ0n) is 14.0. The van der Waals surface area contributed by atoms with E-state index >= 15 is 0 Å². The third-order valence-electron chi connectivity index (χ3n) is 4.06. The minimum Gasteiger partial charge on any atom is -0.371 e. The van der Waals surface area contributed by atoms with Crippen molar-refractivity contribution in [1.82, 2.24) is 4.90 Å². The highest BCUT2D eigenvalue weighted by Gasteiger charge is 2.21. The van der Waals surface area contributed by atoms with E-state index < -0.39 is 0 Å². The molecule has 2 nitrogen and oxygen atoms in total. The van der Waals surface area contributed by atoms with Crippen molar-refractivity contribution in [1.29, 1.82) is 0 Å². The van der Waals surface area contributed by atoms with Gasteiger partial charge in [0.2, 0.25) is 0 Å². The topological polar surface area (TPSA) is 6.48 Å². The lowest BCUT2D eigenvalue weighted by atomic mass is 10.0. The lowest BCUT2D eigenvalue weighted by Crippen LogP contribution is -2.43. The molecule has 0 aromatic heterocycles. The second kappa shape index (κ2) is 9.02. The summed E-state index contributed by atoms with van der Waals surface area (Å²) in [6, 6.07) is 9.72. The number of aryl methyl sites for hydroxylation is 1. The van der Waals surface area contributed by atoms with Gasteiger partial charge in [0.05, 0.1) is 0 Å². The van der Waals surface area contributed by atoms with Crippen LogP contribution in [0.5, 0.6) is 0 Å². The highest BCUT2D eigenvalue weighted by atomic mass is 15.2. The molecule has 1 saturated heterocycles. The van der Waals surface area contributed by atoms with Crippen LogP contribution in [-0.2, 0) is 0 Å². The van der Waals surface area contributed by atoms with Crippen LogP contribution in [0.25, 0.3) is 0 Å². The maximum Gasteiger partial charge on any atom is 0.0366 e. The monoisotopic (exact) mass is 276 g/mol. The van der Waals surface area contributed by atoms with Crippen LogP contribution >= 0.6 is 0 Å². The van der Waals surface area contributed by atoms with Crippen LogP contribution in [-0.4, -0.2) is 37.6 Å². The predicted molar refractivity (Wildman–Crippen MR) is 90.7 cm³/mol. The molecule has 1 aromatic carbocycles. The van der Waals surface area contributed by atoms with E-state index in [0.717, 1.165) is 6.04 Å². The first kappa shape index (κ1) is 17.0. The van der Waals surface area contributed by atoms with E-state index in [9.17, 15) is 0 Å². The van der Waals surface area contributed by atoms with Crippen molar-refractivity contribution in [3.8, 4) is 0 Å². The molecule has 0 radical (unpaired) electrons. The Balaban J connectivity index is 0.000000956. The van der Waals surface area contributed by atoms with Crippen LogP contribution in [0.15, 0.2) is 24.3 Å². The highest BCUT2D eigenvalue weighted by molar-refractivity contribution is 5.47. The molecule has 1 aromatic rings. The van der Waals surface area contributed by atoms with Gasteiger partial charge in [0.25, 0.3) is 0 Å². The van der Waals surface area contributed by atoms with Gasteiger partial charge in [-0.1, -0.05) is 38.5 Å².